The normalized spacial score (nSPS) is 21.3. The zero-order valence-corrected chi connectivity index (χ0v) is 15.1. The van der Waals surface area contributed by atoms with Gasteiger partial charge in [-0.15, -0.1) is 0 Å². The molecule has 132 valence electrons. The van der Waals surface area contributed by atoms with Gasteiger partial charge in [0.25, 0.3) is 0 Å². The highest BCUT2D eigenvalue weighted by molar-refractivity contribution is 5.93. The number of nitrogens with zero attached hydrogens (tertiary/aromatic N) is 2. The van der Waals surface area contributed by atoms with Gasteiger partial charge in [-0.25, -0.2) is 4.79 Å². The number of aryl methyl sites for hydroxylation is 1. The van der Waals surface area contributed by atoms with Gasteiger partial charge in [0, 0.05) is 18.8 Å². The number of hydrogen-bond acceptors (Lipinski definition) is 4. The molecule has 1 aromatic rings. The zero-order chi connectivity index (χ0) is 17.9. The molecule has 1 aliphatic rings. The van der Waals surface area contributed by atoms with E-state index in [1.807, 2.05) is 40.7 Å². The van der Waals surface area contributed by atoms with Gasteiger partial charge >= 0.3 is 6.09 Å². The molecule has 1 aliphatic heterocycles. The van der Waals surface area contributed by atoms with E-state index in [-0.39, 0.29) is 24.0 Å². The van der Waals surface area contributed by atoms with Gasteiger partial charge in [0.1, 0.15) is 5.60 Å². The van der Waals surface area contributed by atoms with Gasteiger partial charge in [-0.2, -0.15) is 0 Å². The molecule has 2 heterocycles. The summed E-state index contributed by atoms with van der Waals surface area (Å²) in [7, 11) is 0. The van der Waals surface area contributed by atoms with Gasteiger partial charge in [0.2, 0.25) is 5.91 Å². The number of carbonyl (C=O) groups excluding carboxylic acids is 2. The van der Waals surface area contributed by atoms with E-state index in [0.717, 1.165) is 18.4 Å². The van der Waals surface area contributed by atoms with Crippen LogP contribution in [0.2, 0.25) is 0 Å². The first-order valence-electron chi connectivity index (χ1n) is 8.40. The first kappa shape index (κ1) is 18.2. The Morgan fingerprint density at radius 3 is 2.71 bits per heavy atom. The molecule has 2 atom stereocenters. The lowest BCUT2D eigenvalue weighted by atomic mass is 9.89. The molecule has 1 saturated heterocycles. The molecule has 6 nitrogen and oxygen atoms in total. The number of aromatic nitrogens is 1. The number of amides is 2. The minimum atomic E-state index is -0.543. The Morgan fingerprint density at radius 1 is 1.38 bits per heavy atom. The fourth-order valence-corrected chi connectivity index (χ4v) is 2.89. The van der Waals surface area contributed by atoms with Gasteiger partial charge in [-0.1, -0.05) is 0 Å². The number of nitrogens with one attached hydrogen (secondary N) is 1. The molecule has 0 radical (unpaired) electrons. The summed E-state index contributed by atoms with van der Waals surface area (Å²) in [4.78, 5) is 30.7. The van der Waals surface area contributed by atoms with E-state index in [0.29, 0.717) is 12.2 Å². The average Bonchev–Trinajstić information content (AvgIpc) is 2.48. The molecule has 1 N–H and O–H groups in total. The number of likely N-dealkylation sites (tertiary alicyclic amines) is 1. The molecular weight excluding hydrogens is 306 g/mol. The van der Waals surface area contributed by atoms with Crippen molar-refractivity contribution >= 4 is 17.7 Å². The maximum absolute atomic E-state index is 12.7. The average molecular weight is 333 g/mol. The van der Waals surface area contributed by atoms with E-state index in [4.69, 9.17) is 4.74 Å². The number of pyridine rings is 1. The predicted molar refractivity (Wildman–Crippen MR) is 92.7 cm³/mol. The summed E-state index contributed by atoms with van der Waals surface area (Å²) in [6, 6.07) is 1.65. The Balaban J connectivity index is 2.06. The Hall–Kier alpha value is -2.11. The second-order valence-corrected chi connectivity index (χ2v) is 7.34. The van der Waals surface area contributed by atoms with Crippen molar-refractivity contribution in [3.63, 3.8) is 0 Å². The summed E-state index contributed by atoms with van der Waals surface area (Å²) in [6.45, 7) is 9.97. The highest BCUT2D eigenvalue weighted by atomic mass is 16.6. The molecule has 1 fully saturated rings. The fraction of sp³-hybridized carbons (Fsp3) is 0.611. The number of carbonyl (C=O) groups is 2. The summed E-state index contributed by atoms with van der Waals surface area (Å²) in [6.07, 6.45) is 4.52. The van der Waals surface area contributed by atoms with Crippen LogP contribution >= 0.6 is 0 Å². The van der Waals surface area contributed by atoms with Gasteiger partial charge in [-0.05, 0) is 59.1 Å². The SMILES string of the molecule is Cc1ccncc1NC(=O)[C@H]1CCCN(C(=O)OC(C)(C)C)[C@H]1C. The Labute approximate surface area is 143 Å². The zero-order valence-electron chi connectivity index (χ0n) is 15.1. The number of hydrogen-bond donors (Lipinski definition) is 1. The van der Waals surface area contributed by atoms with E-state index in [2.05, 4.69) is 10.3 Å². The summed E-state index contributed by atoms with van der Waals surface area (Å²) in [5.41, 5.74) is 1.13. The maximum atomic E-state index is 12.7. The summed E-state index contributed by atoms with van der Waals surface area (Å²) in [5.74, 6) is -0.335. The third-order valence-corrected chi connectivity index (χ3v) is 4.25. The molecule has 0 bridgehead atoms. The van der Waals surface area contributed by atoms with Crippen molar-refractivity contribution in [3.05, 3.63) is 24.0 Å². The van der Waals surface area contributed by atoms with E-state index in [9.17, 15) is 9.59 Å². The van der Waals surface area contributed by atoms with Crippen molar-refractivity contribution in [2.45, 2.75) is 59.1 Å². The fourth-order valence-electron chi connectivity index (χ4n) is 2.89. The third-order valence-electron chi connectivity index (χ3n) is 4.25. The monoisotopic (exact) mass is 333 g/mol. The minimum Gasteiger partial charge on any atom is -0.444 e. The molecule has 0 saturated carbocycles. The smallest absolute Gasteiger partial charge is 0.410 e. The number of ether oxygens (including phenoxy) is 1. The van der Waals surface area contributed by atoms with Crippen LogP contribution in [0.25, 0.3) is 0 Å². The molecule has 0 spiro atoms. The van der Waals surface area contributed by atoms with E-state index >= 15 is 0 Å². The van der Waals surface area contributed by atoms with Crippen LogP contribution in [-0.2, 0) is 9.53 Å². The molecule has 2 amide bonds. The van der Waals surface area contributed by atoms with Crippen LogP contribution < -0.4 is 5.32 Å². The molecule has 0 aliphatic carbocycles. The second-order valence-electron chi connectivity index (χ2n) is 7.34. The van der Waals surface area contributed by atoms with Crippen LogP contribution in [0.3, 0.4) is 0 Å². The molecule has 1 aromatic heterocycles. The highest BCUT2D eigenvalue weighted by Crippen LogP contribution is 2.27. The highest BCUT2D eigenvalue weighted by Gasteiger charge is 2.37. The van der Waals surface area contributed by atoms with Crippen LogP contribution in [0.15, 0.2) is 18.5 Å². The molecule has 0 aromatic carbocycles. The summed E-state index contributed by atoms with van der Waals surface area (Å²) >= 11 is 0. The van der Waals surface area contributed by atoms with Crippen LogP contribution in [0.4, 0.5) is 10.5 Å². The Kier molecular flexibility index (Phi) is 5.47. The standard InChI is InChI=1S/C18H27N3O3/c1-12-8-9-19-11-15(12)20-16(22)14-7-6-10-21(13(14)2)17(23)24-18(3,4)5/h8-9,11,13-14H,6-7,10H2,1-5H3,(H,20,22)/t13-,14-/m0/s1. The molecule has 24 heavy (non-hydrogen) atoms. The summed E-state index contributed by atoms with van der Waals surface area (Å²) < 4.78 is 5.46. The van der Waals surface area contributed by atoms with Crippen LogP contribution in [0.1, 0.15) is 46.1 Å². The topological polar surface area (TPSA) is 71.5 Å². The molecule has 6 heteroatoms. The lowest BCUT2D eigenvalue weighted by Gasteiger charge is -2.39. The predicted octanol–water partition coefficient (Wildman–Crippen LogP) is 3.36. The lowest BCUT2D eigenvalue weighted by molar-refractivity contribution is -0.123. The quantitative estimate of drug-likeness (QED) is 0.901. The van der Waals surface area contributed by atoms with E-state index in [1.54, 1.807) is 17.3 Å². The van der Waals surface area contributed by atoms with Crippen molar-refractivity contribution in [1.82, 2.24) is 9.88 Å². The van der Waals surface area contributed by atoms with Gasteiger partial charge < -0.3 is 15.0 Å². The lowest BCUT2D eigenvalue weighted by Crippen LogP contribution is -2.51. The first-order chi connectivity index (χ1) is 11.2. The molecule has 0 unspecified atom stereocenters. The van der Waals surface area contributed by atoms with Crippen molar-refractivity contribution in [2.24, 2.45) is 5.92 Å². The van der Waals surface area contributed by atoms with Crippen molar-refractivity contribution in [2.75, 3.05) is 11.9 Å². The largest absolute Gasteiger partial charge is 0.444 e. The van der Waals surface area contributed by atoms with Gasteiger partial charge in [0.05, 0.1) is 17.8 Å². The Morgan fingerprint density at radius 2 is 2.08 bits per heavy atom. The Bertz CT molecular complexity index is 610. The number of rotatable bonds is 2. The molecule has 2 rings (SSSR count). The van der Waals surface area contributed by atoms with Crippen LogP contribution in [-0.4, -0.2) is 40.1 Å². The maximum Gasteiger partial charge on any atom is 0.410 e. The van der Waals surface area contributed by atoms with E-state index in [1.165, 1.54) is 0 Å². The van der Waals surface area contributed by atoms with Crippen LogP contribution in [0.5, 0.6) is 0 Å². The first-order valence-corrected chi connectivity index (χ1v) is 8.40. The van der Waals surface area contributed by atoms with Crippen molar-refractivity contribution in [1.29, 1.82) is 0 Å². The summed E-state index contributed by atoms with van der Waals surface area (Å²) in [5, 5.41) is 2.94. The minimum absolute atomic E-state index is 0.0770. The van der Waals surface area contributed by atoms with Crippen LogP contribution in [0, 0.1) is 12.8 Å². The second kappa shape index (κ2) is 7.20. The number of anilines is 1. The third kappa shape index (κ3) is 4.46. The van der Waals surface area contributed by atoms with Gasteiger partial charge in [0.15, 0.2) is 0 Å². The number of piperidine rings is 1. The molecular formula is C18H27N3O3. The van der Waals surface area contributed by atoms with Gasteiger partial charge in [-0.3, -0.25) is 9.78 Å². The van der Waals surface area contributed by atoms with E-state index < -0.39 is 5.60 Å². The van der Waals surface area contributed by atoms with Crippen molar-refractivity contribution in [3.8, 4) is 0 Å². The van der Waals surface area contributed by atoms with Crippen molar-refractivity contribution < 1.29 is 14.3 Å².